The zero-order chi connectivity index (χ0) is 14.5. The molecule has 1 N–H and O–H groups in total. The largest absolute Gasteiger partial charge is 0.396 e. The molecule has 0 unspecified atom stereocenters. The van der Waals surface area contributed by atoms with Crippen molar-refractivity contribution in [3.63, 3.8) is 0 Å². The molecule has 0 bridgehead atoms. The second-order valence-corrected chi connectivity index (χ2v) is 4.42. The summed E-state index contributed by atoms with van der Waals surface area (Å²) >= 11 is 0. The molecule has 0 aromatic carbocycles. The number of carbonyl (C=O) groups is 1. The van der Waals surface area contributed by atoms with Gasteiger partial charge >= 0.3 is 5.69 Å². The van der Waals surface area contributed by atoms with Crippen LogP contribution in [0.5, 0.6) is 0 Å². The molecule has 2 aromatic rings. The molecule has 0 aliphatic carbocycles. The van der Waals surface area contributed by atoms with Crippen molar-refractivity contribution < 1.29 is 9.90 Å². The summed E-state index contributed by atoms with van der Waals surface area (Å²) in [4.78, 5) is 25.8. The van der Waals surface area contributed by atoms with Crippen molar-refractivity contribution in [1.29, 1.82) is 0 Å². The van der Waals surface area contributed by atoms with Crippen molar-refractivity contribution in [2.45, 2.75) is 19.9 Å². The number of aliphatic hydroxyl groups excluding tert-OH is 1. The van der Waals surface area contributed by atoms with Crippen LogP contribution in [0.3, 0.4) is 0 Å². The Morgan fingerprint density at radius 2 is 2.25 bits per heavy atom. The fourth-order valence-electron chi connectivity index (χ4n) is 2.02. The van der Waals surface area contributed by atoms with Gasteiger partial charge in [-0.3, -0.25) is 9.20 Å². The number of aliphatic hydroxyl groups is 1. The standard InChI is InChI=1S/C13H18N4O3/c1-2-15(7-5-9-18)12(19)10-17-13(20)16-8-4-3-6-11(16)14-17/h3-4,6,8,18H,2,5,7,9-10H2,1H3. The lowest BCUT2D eigenvalue weighted by Crippen LogP contribution is -2.37. The lowest BCUT2D eigenvalue weighted by molar-refractivity contribution is -0.132. The Morgan fingerprint density at radius 1 is 1.45 bits per heavy atom. The van der Waals surface area contributed by atoms with Gasteiger partial charge in [0.25, 0.3) is 0 Å². The lowest BCUT2D eigenvalue weighted by Gasteiger charge is -2.19. The topological polar surface area (TPSA) is 79.8 Å². The summed E-state index contributed by atoms with van der Waals surface area (Å²) in [5.74, 6) is -0.175. The molecule has 0 spiro atoms. The highest BCUT2D eigenvalue weighted by Gasteiger charge is 2.15. The average Bonchev–Trinajstić information content (AvgIpc) is 2.77. The van der Waals surface area contributed by atoms with Gasteiger partial charge in [0.1, 0.15) is 6.54 Å². The zero-order valence-electron chi connectivity index (χ0n) is 11.4. The van der Waals surface area contributed by atoms with Crippen LogP contribution >= 0.6 is 0 Å². The summed E-state index contributed by atoms with van der Waals surface area (Å²) in [6, 6.07) is 5.24. The van der Waals surface area contributed by atoms with Crippen LogP contribution in [0.25, 0.3) is 5.65 Å². The summed E-state index contributed by atoms with van der Waals surface area (Å²) in [7, 11) is 0. The third kappa shape index (κ3) is 2.88. The van der Waals surface area contributed by atoms with Gasteiger partial charge in [-0.05, 0) is 25.5 Å². The summed E-state index contributed by atoms with van der Waals surface area (Å²) in [5, 5.41) is 12.9. The maximum absolute atomic E-state index is 12.1. The Hall–Kier alpha value is -2.15. The van der Waals surface area contributed by atoms with E-state index in [0.717, 1.165) is 0 Å². The number of fused-ring (bicyclic) bond motifs is 1. The van der Waals surface area contributed by atoms with Crippen LogP contribution in [0.1, 0.15) is 13.3 Å². The number of nitrogens with zero attached hydrogens (tertiary/aromatic N) is 4. The van der Waals surface area contributed by atoms with Crippen LogP contribution in [0, 0.1) is 0 Å². The van der Waals surface area contributed by atoms with E-state index in [-0.39, 0.29) is 24.7 Å². The van der Waals surface area contributed by atoms with Crippen LogP contribution in [-0.4, -0.2) is 49.8 Å². The molecule has 20 heavy (non-hydrogen) atoms. The second-order valence-electron chi connectivity index (χ2n) is 4.42. The van der Waals surface area contributed by atoms with Crippen molar-refractivity contribution in [1.82, 2.24) is 19.1 Å². The van der Waals surface area contributed by atoms with E-state index in [4.69, 9.17) is 5.11 Å². The Balaban J connectivity index is 2.17. The quantitative estimate of drug-likeness (QED) is 0.788. The molecule has 7 nitrogen and oxygen atoms in total. The number of hydrogen-bond donors (Lipinski definition) is 1. The van der Waals surface area contributed by atoms with E-state index in [1.807, 2.05) is 6.92 Å². The first kappa shape index (κ1) is 14.3. The number of pyridine rings is 1. The van der Waals surface area contributed by atoms with Crippen molar-refractivity contribution in [2.75, 3.05) is 19.7 Å². The minimum Gasteiger partial charge on any atom is -0.396 e. The molecule has 7 heteroatoms. The van der Waals surface area contributed by atoms with Crippen LogP contribution in [0.15, 0.2) is 29.2 Å². The molecule has 2 heterocycles. The normalized spacial score (nSPS) is 10.9. The maximum Gasteiger partial charge on any atom is 0.350 e. The van der Waals surface area contributed by atoms with E-state index in [0.29, 0.717) is 25.2 Å². The molecular formula is C13H18N4O3. The van der Waals surface area contributed by atoms with Gasteiger partial charge in [-0.15, -0.1) is 5.10 Å². The predicted octanol–water partition coefficient (Wildman–Crippen LogP) is -0.273. The average molecular weight is 278 g/mol. The molecule has 1 amide bonds. The Kier molecular flexibility index (Phi) is 4.52. The number of likely N-dealkylation sites (N-methyl/N-ethyl adjacent to an activating group) is 1. The fourth-order valence-corrected chi connectivity index (χ4v) is 2.02. The number of carbonyl (C=O) groups excluding carboxylic acids is 1. The Morgan fingerprint density at radius 3 is 2.90 bits per heavy atom. The van der Waals surface area contributed by atoms with Gasteiger partial charge in [0.05, 0.1) is 0 Å². The van der Waals surface area contributed by atoms with E-state index in [9.17, 15) is 9.59 Å². The molecule has 2 rings (SSSR count). The summed E-state index contributed by atoms with van der Waals surface area (Å²) in [6.07, 6.45) is 2.15. The van der Waals surface area contributed by atoms with Crippen LogP contribution < -0.4 is 5.69 Å². The highest BCUT2D eigenvalue weighted by atomic mass is 16.3. The highest BCUT2D eigenvalue weighted by Crippen LogP contribution is 1.98. The van der Waals surface area contributed by atoms with Crippen molar-refractivity contribution in [3.05, 3.63) is 34.9 Å². The number of aromatic nitrogens is 3. The van der Waals surface area contributed by atoms with Gasteiger partial charge in [0.15, 0.2) is 5.65 Å². The van der Waals surface area contributed by atoms with E-state index in [1.165, 1.54) is 9.08 Å². The zero-order valence-corrected chi connectivity index (χ0v) is 11.4. The van der Waals surface area contributed by atoms with Gasteiger partial charge < -0.3 is 10.0 Å². The molecule has 0 atom stereocenters. The molecule has 0 radical (unpaired) electrons. The second kappa shape index (κ2) is 6.33. The van der Waals surface area contributed by atoms with E-state index in [2.05, 4.69) is 5.10 Å². The molecule has 2 aromatic heterocycles. The minimum absolute atomic E-state index is 0.0398. The lowest BCUT2D eigenvalue weighted by atomic mass is 10.3. The van der Waals surface area contributed by atoms with Gasteiger partial charge in [0.2, 0.25) is 5.91 Å². The van der Waals surface area contributed by atoms with E-state index >= 15 is 0 Å². The third-order valence-corrected chi connectivity index (χ3v) is 3.09. The van der Waals surface area contributed by atoms with Crippen molar-refractivity contribution in [3.8, 4) is 0 Å². The first-order chi connectivity index (χ1) is 9.67. The van der Waals surface area contributed by atoms with Gasteiger partial charge in [0, 0.05) is 25.9 Å². The summed E-state index contributed by atoms with van der Waals surface area (Å²) in [5.41, 5.74) is 0.191. The first-order valence-electron chi connectivity index (χ1n) is 6.60. The van der Waals surface area contributed by atoms with Crippen molar-refractivity contribution >= 4 is 11.6 Å². The SMILES string of the molecule is CCN(CCCO)C(=O)Cn1nc2ccccn2c1=O. The van der Waals surface area contributed by atoms with Gasteiger partial charge in [-0.1, -0.05) is 6.07 Å². The maximum atomic E-state index is 12.1. The highest BCUT2D eigenvalue weighted by molar-refractivity contribution is 5.75. The van der Waals surface area contributed by atoms with Crippen molar-refractivity contribution in [2.24, 2.45) is 0 Å². The number of amides is 1. The molecule has 0 saturated heterocycles. The summed E-state index contributed by atoms with van der Waals surface area (Å²) in [6.45, 7) is 2.84. The van der Waals surface area contributed by atoms with Crippen LogP contribution in [0.2, 0.25) is 0 Å². The first-order valence-corrected chi connectivity index (χ1v) is 6.60. The number of hydrogen-bond acceptors (Lipinski definition) is 4. The molecule has 0 fully saturated rings. The van der Waals surface area contributed by atoms with Crippen LogP contribution in [0.4, 0.5) is 0 Å². The fraction of sp³-hybridized carbons (Fsp3) is 0.462. The monoisotopic (exact) mass is 278 g/mol. The Labute approximate surface area is 116 Å². The van der Waals surface area contributed by atoms with Crippen LogP contribution in [-0.2, 0) is 11.3 Å². The molecule has 108 valence electrons. The third-order valence-electron chi connectivity index (χ3n) is 3.09. The summed E-state index contributed by atoms with van der Waals surface area (Å²) < 4.78 is 2.57. The molecule has 0 aliphatic heterocycles. The Bertz CT molecular complexity index is 646. The van der Waals surface area contributed by atoms with E-state index < -0.39 is 0 Å². The van der Waals surface area contributed by atoms with Gasteiger partial charge in [-0.2, -0.15) is 0 Å². The predicted molar refractivity (Wildman–Crippen MR) is 73.4 cm³/mol. The van der Waals surface area contributed by atoms with E-state index in [1.54, 1.807) is 29.3 Å². The molecular weight excluding hydrogens is 260 g/mol. The minimum atomic E-state index is -0.327. The molecule has 0 aliphatic rings. The van der Waals surface area contributed by atoms with Gasteiger partial charge in [-0.25, -0.2) is 9.48 Å². The number of rotatable bonds is 6. The molecule has 0 saturated carbocycles. The smallest absolute Gasteiger partial charge is 0.350 e.